The van der Waals surface area contributed by atoms with Gasteiger partial charge < -0.3 is 15.0 Å². The number of carbonyl (C=O) groups is 4. The van der Waals surface area contributed by atoms with Crippen molar-refractivity contribution in [2.75, 3.05) is 25.4 Å². The molecular weight excluding hydrogens is 322 g/mol. The molecule has 0 unspecified atom stereocenters. The SMILES string of the molecule is O=C(COC(=O)CN1CCSC1=O)NC(=O)NC1CCCCC1. The van der Waals surface area contributed by atoms with Gasteiger partial charge in [-0.2, -0.15) is 0 Å². The molecule has 0 bridgehead atoms. The Bertz CT molecular complexity index is 479. The Balaban J connectivity index is 1.61. The maximum Gasteiger partial charge on any atom is 0.326 e. The summed E-state index contributed by atoms with van der Waals surface area (Å²) in [7, 11) is 0. The number of thioether (sulfide) groups is 1. The molecule has 2 rings (SSSR count). The van der Waals surface area contributed by atoms with Crippen LogP contribution in [0.2, 0.25) is 0 Å². The first-order chi connectivity index (χ1) is 11.0. The van der Waals surface area contributed by atoms with E-state index in [2.05, 4.69) is 10.6 Å². The summed E-state index contributed by atoms with van der Waals surface area (Å²) in [5.74, 6) is -0.703. The van der Waals surface area contributed by atoms with E-state index in [0.717, 1.165) is 37.4 Å². The molecule has 1 aliphatic carbocycles. The minimum Gasteiger partial charge on any atom is -0.454 e. The molecule has 0 aromatic rings. The van der Waals surface area contributed by atoms with Crippen LogP contribution in [-0.2, 0) is 14.3 Å². The van der Waals surface area contributed by atoms with Crippen molar-refractivity contribution in [3.8, 4) is 0 Å². The highest BCUT2D eigenvalue weighted by Gasteiger charge is 2.24. The molecule has 2 aliphatic rings. The molecular formula is C14H21N3O5S. The van der Waals surface area contributed by atoms with Gasteiger partial charge in [0, 0.05) is 18.3 Å². The van der Waals surface area contributed by atoms with Crippen molar-refractivity contribution in [1.29, 1.82) is 0 Å². The Kier molecular flexibility index (Phi) is 6.69. The van der Waals surface area contributed by atoms with Gasteiger partial charge in [-0.15, -0.1) is 0 Å². The topological polar surface area (TPSA) is 105 Å². The lowest BCUT2D eigenvalue weighted by Gasteiger charge is -2.22. The molecule has 23 heavy (non-hydrogen) atoms. The largest absolute Gasteiger partial charge is 0.454 e. The molecule has 1 saturated heterocycles. The Morgan fingerprint density at radius 2 is 1.96 bits per heavy atom. The van der Waals surface area contributed by atoms with Gasteiger partial charge in [0.2, 0.25) is 0 Å². The summed E-state index contributed by atoms with van der Waals surface area (Å²) in [6, 6.07) is -0.471. The molecule has 9 heteroatoms. The molecule has 2 fully saturated rings. The summed E-state index contributed by atoms with van der Waals surface area (Å²) in [6.45, 7) is -0.214. The van der Waals surface area contributed by atoms with E-state index in [9.17, 15) is 19.2 Å². The van der Waals surface area contributed by atoms with Crippen LogP contribution in [-0.4, -0.2) is 59.5 Å². The highest BCUT2D eigenvalue weighted by Crippen LogP contribution is 2.17. The van der Waals surface area contributed by atoms with Crippen LogP contribution < -0.4 is 10.6 Å². The van der Waals surface area contributed by atoms with Crippen molar-refractivity contribution in [2.45, 2.75) is 38.1 Å². The number of nitrogens with one attached hydrogen (secondary N) is 2. The van der Waals surface area contributed by atoms with Gasteiger partial charge in [0.1, 0.15) is 6.54 Å². The summed E-state index contributed by atoms with van der Waals surface area (Å²) in [5, 5.41) is 4.70. The number of amides is 4. The molecule has 2 N–H and O–H groups in total. The fourth-order valence-corrected chi connectivity index (χ4v) is 3.37. The highest BCUT2D eigenvalue weighted by molar-refractivity contribution is 8.13. The van der Waals surface area contributed by atoms with Crippen LogP contribution in [0.1, 0.15) is 32.1 Å². The molecule has 0 atom stereocenters. The van der Waals surface area contributed by atoms with Crippen molar-refractivity contribution in [1.82, 2.24) is 15.5 Å². The fourth-order valence-electron chi connectivity index (χ4n) is 2.55. The minimum absolute atomic E-state index is 0.0952. The van der Waals surface area contributed by atoms with E-state index in [4.69, 9.17) is 4.74 Å². The molecule has 128 valence electrons. The lowest BCUT2D eigenvalue weighted by atomic mass is 9.96. The van der Waals surface area contributed by atoms with Crippen LogP contribution in [0, 0.1) is 0 Å². The van der Waals surface area contributed by atoms with Crippen molar-refractivity contribution in [2.24, 2.45) is 0 Å². The van der Waals surface area contributed by atoms with Crippen LogP contribution in [0.5, 0.6) is 0 Å². The van der Waals surface area contributed by atoms with Crippen molar-refractivity contribution in [3.63, 3.8) is 0 Å². The molecule has 1 saturated carbocycles. The Labute approximate surface area is 138 Å². The number of imide groups is 1. The van der Waals surface area contributed by atoms with Gasteiger partial charge in [-0.05, 0) is 12.8 Å². The zero-order chi connectivity index (χ0) is 16.7. The van der Waals surface area contributed by atoms with Crippen molar-refractivity contribution < 1.29 is 23.9 Å². The third-order valence-corrected chi connectivity index (χ3v) is 4.61. The Hall–Kier alpha value is -1.77. The van der Waals surface area contributed by atoms with Gasteiger partial charge in [-0.1, -0.05) is 31.0 Å². The van der Waals surface area contributed by atoms with E-state index in [1.807, 2.05) is 0 Å². The molecule has 0 radical (unpaired) electrons. The van der Waals surface area contributed by atoms with Crippen LogP contribution >= 0.6 is 11.8 Å². The first kappa shape index (κ1) is 17.6. The lowest BCUT2D eigenvalue weighted by Crippen LogP contribution is -2.46. The van der Waals surface area contributed by atoms with Gasteiger partial charge in [-0.3, -0.25) is 19.7 Å². The monoisotopic (exact) mass is 343 g/mol. The molecule has 1 heterocycles. The summed E-state index contributed by atoms with van der Waals surface area (Å²) >= 11 is 1.14. The van der Waals surface area contributed by atoms with Gasteiger partial charge >= 0.3 is 12.0 Å². The van der Waals surface area contributed by atoms with Gasteiger partial charge in [0.15, 0.2) is 6.61 Å². The van der Waals surface area contributed by atoms with E-state index in [-0.39, 0.29) is 17.8 Å². The van der Waals surface area contributed by atoms with E-state index in [1.54, 1.807) is 0 Å². The fraction of sp³-hybridized carbons (Fsp3) is 0.714. The second-order valence-corrected chi connectivity index (χ2v) is 6.60. The maximum atomic E-state index is 11.6. The average Bonchev–Trinajstić information content (AvgIpc) is 2.91. The van der Waals surface area contributed by atoms with Crippen molar-refractivity contribution in [3.05, 3.63) is 0 Å². The predicted octanol–water partition coefficient (Wildman–Crippen LogP) is 0.857. The van der Waals surface area contributed by atoms with Gasteiger partial charge in [0.25, 0.3) is 11.1 Å². The molecule has 0 aromatic carbocycles. The third kappa shape index (κ3) is 6.09. The van der Waals surface area contributed by atoms with E-state index < -0.39 is 24.5 Å². The number of hydrogen-bond acceptors (Lipinski definition) is 6. The number of esters is 1. The molecule has 4 amide bonds. The molecule has 8 nitrogen and oxygen atoms in total. The summed E-state index contributed by atoms with van der Waals surface area (Å²) < 4.78 is 4.77. The summed E-state index contributed by atoms with van der Waals surface area (Å²) in [6.07, 6.45) is 5.15. The number of hydrogen-bond donors (Lipinski definition) is 2. The van der Waals surface area contributed by atoms with Crippen LogP contribution in [0.3, 0.4) is 0 Å². The second-order valence-electron chi connectivity index (χ2n) is 5.55. The summed E-state index contributed by atoms with van der Waals surface area (Å²) in [5.41, 5.74) is 0. The first-order valence-electron chi connectivity index (χ1n) is 7.72. The molecule has 1 aliphatic heterocycles. The standard InChI is InChI=1S/C14H21N3O5S/c18-11(16-13(20)15-10-4-2-1-3-5-10)9-22-12(19)8-17-6-7-23-14(17)21/h10H,1-9H2,(H2,15,16,18,20). The van der Waals surface area contributed by atoms with Gasteiger partial charge in [0.05, 0.1) is 0 Å². The average molecular weight is 343 g/mol. The van der Waals surface area contributed by atoms with E-state index >= 15 is 0 Å². The van der Waals surface area contributed by atoms with E-state index in [0.29, 0.717) is 12.3 Å². The van der Waals surface area contributed by atoms with Crippen LogP contribution in [0.25, 0.3) is 0 Å². The maximum absolute atomic E-state index is 11.6. The zero-order valence-corrected chi connectivity index (χ0v) is 13.7. The van der Waals surface area contributed by atoms with E-state index in [1.165, 1.54) is 11.3 Å². The highest BCUT2D eigenvalue weighted by atomic mass is 32.2. The number of ether oxygens (including phenoxy) is 1. The Morgan fingerprint density at radius 1 is 1.22 bits per heavy atom. The number of carbonyl (C=O) groups excluding carboxylic acids is 4. The summed E-state index contributed by atoms with van der Waals surface area (Å²) in [4.78, 5) is 47.5. The number of rotatable bonds is 5. The predicted molar refractivity (Wildman–Crippen MR) is 83.9 cm³/mol. The van der Waals surface area contributed by atoms with Crippen LogP contribution in [0.15, 0.2) is 0 Å². The first-order valence-corrected chi connectivity index (χ1v) is 8.71. The normalized spacial score (nSPS) is 18.6. The molecule has 0 spiro atoms. The smallest absolute Gasteiger partial charge is 0.326 e. The van der Waals surface area contributed by atoms with Crippen molar-refractivity contribution >= 4 is 34.9 Å². The number of nitrogens with zero attached hydrogens (tertiary/aromatic N) is 1. The molecule has 0 aromatic heterocycles. The van der Waals surface area contributed by atoms with Crippen LogP contribution in [0.4, 0.5) is 9.59 Å². The zero-order valence-electron chi connectivity index (χ0n) is 12.8. The quantitative estimate of drug-likeness (QED) is 0.717. The minimum atomic E-state index is -0.686. The lowest BCUT2D eigenvalue weighted by molar-refractivity contribution is -0.148. The number of urea groups is 1. The second kappa shape index (κ2) is 8.76. The van der Waals surface area contributed by atoms with Gasteiger partial charge in [-0.25, -0.2) is 4.79 Å². The Morgan fingerprint density at radius 3 is 2.61 bits per heavy atom. The third-order valence-electron chi connectivity index (χ3n) is 3.72.